The Bertz CT molecular complexity index is 286. The van der Waals surface area contributed by atoms with Gasteiger partial charge in [0.2, 0.25) is 0 Å². The Morgan fingerprint density at radius 2 is 2.13 bits per heavy atom. The number of hydrogen-bond acceptors (Lipinski definition) is 4. The van der Waals surface area contributed by atoms with Crippen LogP contribution >= 0.6 is 0 Å². The van der Waals surface area contributed by atoms with Crippen molar-refractivity contribution in [2.24, 2.45) is 0 Å². The van der Waals surface area contributed by atoms with E-state index in [1.807, 2.05) is 13.8 Å². The molecule has 0 unspecified atom stereocenters. The number of aliphatic hydroxyl groups excluding tert-OH is 2. The van der Waals surface area contributed by atoms with Gasteiger partial charge in [-0.05, 0) is 13.3 Å². The van der Waals surface area contributed by atoms with Gasteiger partial charge >= 0.3 is 0 Å². The molecule has 0 saturated carbocycles. The van der Waals surface area contributed by atoms with Gasteiger partial charge in [0.25, 0.3) is 0 Å². The minimum atomic E-state index is -0.598. The van der Waals surface area contributed by atoms with Crippen LogP contribution in [-0.2, 0) is 6.54 Å². The Morgan fingerprint density at radius 3 is 2.53 bits per heavy atom. The number of aryl methyl sites for hydroxylation is 1. The number of aliphatic hydroxyl groups is 2. The third-order valence-electron chi connectivity index (χ3n) is 2.69. The van der Waals surface area contributed by atoms with Crippen molar-refractivity contribution in [1.29, 1.82) is 0 Å². The van der Waals surface area contributed by atoms with E-state index in [1.54, 1.807) is 6.20 Å². The number of aromatic amines is 1. The van der Waals surface area contributed by atoms with Crippen molar-refractivity contribution in [2.75, 3.05) is 13.2 Å². The Hall–Kier alpha value is -0.910. The van der Waals surface area contributed by atoms with E-state index in [0.717, 1.165) is 11.5 Å². The van der Waals surface area contributed by atoms with Crippen LogP contribution in [-0.4, -0.2) is 38.9 Å². The molecule has 86 valence electrons. The second-order valence-electron chi connectivity index (χ2n) is 3.80. The van der Waals surface area contributed by atoms with Crippen LogP contribution in [0.25, 0.3) is 0 Å². The smallest absolute Gasteiger partial charge is 0.103 e. The van der Waals surface area contributed by atoms with Gasteiger partial charge in [-0.25, -0.2) is 4.98 Å². The topological polar surface area (TPSA) is 81.2 Å². The normalized spacial score (nSPS) is 12.0. The van der Waals surface area contributed by atoms with Crippen LogP contribution in [0.3, 0.4) is 0 Å². The first kappa shape index (κ1) is 12.2. The Kier molecular flexibility index (Phi) is 4.26. The van der Waals surface area contributed by atoms with Crippen LogP contribution in [0.2, 0.25) is 0 Å². The largest absolute Gasteiger partial charge is 0.394 e. The van der Waals surface area contributed by atoms with Gasteiger partial charge in [0, 0.05) is 18.4 Å². The summed E-state index contributed by atoms with van der Waals surface area (Å²) >= 11 is 0. The molecule has 0 bridgehead atoms. The first-order chi connectivity index (χ1) is 7.15. The average molecular weight is 213 g/mol. The molecule has 15 heavy (non-hydrogen) atoms. The lowest BCUT2D eigenvalue weighted by Gasteiger charge is -2.29. The summed E-state index contributed by atoms with van der Waals surface area (Å²) in [4.78, 5) is 7.16. The van der Waals surface area contributed by atoms with Crippen LogP contribution in [0, 0.1) is 6.92 Å². The molecule has 0 atom stereocenters. The summed E-state index contributed by atoms with van der Waals surface area (Å²) in [5.41, 5.74) is 0.353. The third kappa shape index (κ3) is 3.02. The number of rotatable bonds is 6. The molecule has 1 heterocycles. The van der Waals surface area contributed by atoms with E-state index >= 15 is 0 Å². The molecule has 1 aromatic heterocycles. The zero-order valence-electron chi connectivity index (χ0n) is 9.25. The van der Waals surface area contributed by atoms with Crippen molar-refractivity contribution in [1.82, 2.24) is 15.3 Å². The molecule has 0 fully saturated rings. The molecule has 0 aromatic carbocycles. The van der Waals surface area contributed by atoms with Crippen molar-refractivity contribution in [3.8, 4) is 0 Å². The predicted octanol–water partition coefficient (Wildman–Crippen LogP) is -0.0589. The van der Waals surface area contributed by atoms with Crippen molar-refractivity contribution in [3.05, 3.63) is 17.7 Å². The molecule has 0 aliphatic rings. The van der Waals surface area contributed by atoms with E-state index in [4.69, 9.17) is 0 Å². The second-order valence-corrected chi connectivity index (χ2v) is 3.80. The van der Waals surface area contributed by atoms with E-state index in [9.17, 15) is 10.2 Å². The van der Waals surface area contributed by atoms with Gasteiger partial charge in [-0.1, -0.05) is 6.92 Å². The quantitative estimate of drug-likeness (QED) is 0.533. The third-order valence-corrected chi connectivity index (χ3v) is 2.69. The van der Waals surface area contributed by atoms with Crippen LogP contribution in [0.5, 0.6) is 0 Å². The van der Waals surface area contributed by atoms with Gasteiger partial charge in [0.05, 0.1) is 18.8 Å². The highest BCUT2D eigenvalue weighted by atomic mass is 16.3. The summed E-state index contributed by atoms with van der Waals surface area (Å²) in [7, 11) is 0. The van der Waals surface area contributed by atoms with Gasteiger partial charge in [-0.15, -0.1) is 0 Å². The molecule has 0 amide bonds. The molecule has 0 radical (unpaired) electrons. The molecule has 5 nitrogen and oxygen atoms in total. The van der Waals surface area contributed by atoms with E-state index in [1.165, 1.54) is 0 Å². The second kappa shape index (κ2) is 5.25. The maximum atomic E-state index is 9.21. The fourth-order valence-electron chi connectivity index (χ4n) is 1.35. The van der Waals surface area contributed by atoms with E-state index in [0.29, 0.717) is 13.0 Å². The van der Waals surface area contributed by atoms with Crippen molar-refractivity contribution < 1.29 is 10.2 Å². The maximum Gasteiger partial charge on any atom is 0.103 e. The zero-order valence-corrected chi connectivity index (χ0v) is 9.25. The minimum absolute atomic E-state index is 0.0763. The molecule has 5 heteroatoms. The van der Waals surface area contributed by atoms with Crippen LogP contribution in [0.15, 0.2) is 6.20 Å². The summed E-state index contributed by atoms with van der Waals surface area (Å²) in [6, 6.07) is 0. The molecule has 0 saturated heterocycles. The number of nitrogens with zero attached hydrogens (tertiary/aromatic N) is 1. The number of nitrogens with one attached hydrogen (secondary N) is 2. The van der Waals surface area contributed by atoms with Crippen molar-refractivity contribution in [3.63, 3.8) is 0 Å². The first-order valence-corrected chi connectivity index (χ1v) is 5.13. The summed E-state index contributed by atoms with van der Waals surface area (Å²) in [5.74, 6) is 0.863. The van der Waals surface area contributed by atoms with Crippen molar-refractivity contribution in [2.45, 2.75) is 32.4 Å². The van der Waals surface area contributed by atoms with E-state index < -0.39 is 5.54 Å². The molecule has 0 spiro atoms. The molecule has 0 aliphatic heterocycles. The highest BCUT2D eigenvalue weighted by molar-refractivity contribution is 5.01. The standard InChI is InChI=1S/C10H19N3O2/c1-3-10(6-14,7-15)12-5-9-4-11-8(2)13-9/h4,12,14-15H,3,5-7H2,1-2H3,(H,11,13). The molecule has 0 aliphatic carbocycles. The molecule has 1 rings (SSSR count). The van der Waals surface area contributed by atoms with E-state index in [-0.39, 0.29) is 13.2 Å². The number of hydrogen-bond donors (Lipinski definition) is 4. The lowest BCUT2D eigenvalue weighted by atomic mass is 9.98. The summed E-state index contributed by atoms with van der Waals surface area (Å²) in [6.45, 7) is 4.22. The Morgan fingerprint density at radius 1 is 1.47 bits per heavy atom. The molecular formula is C10H19N3O2. The average Bonchev–Trinajstić information content (AvgIpc) is 2.67. The van der Waals surface area contributed by atoms with Crippen molar-refractivity contribution >= 4 is 0 Å². The first-order valence-electron chi connectivity index (χ1n) is 5.13. The number of imidazole rings is 1. The van der Waals surface area contributed by atoms with Gasteiger partial charge in [0.15, 0.2) is 0 Å². The van der Waals surface area contributed by atoms with Crippen LogP contribution in [0.4, 0.5) is 0 Å². The molecule has 1 aromatic rings. The van der Waals surface area contributed by atoms with Gasteiger partial charge in [-0.2, -0.15) is 0 Å². The van der Waals surface area contributed by atoms with Gasteiger partial charge in [-0.3, -0.25) is 0 Å². The SMILES string of the molecule is CCC(CO)(CO)NCc1cnc(C)[nH]1. The molecular weight excluding hydrogens is 194 g/mol. The predicted molar refractivity (Wildman–Crippen MR) is 57.4 cm³/mol. The highest BCUT2D eigenvalue weighted by Crippen LogP contribution is 2.09. The fourth-order valence-corrected chi connectivity index (χ4v) is 1.35. The fraction of sp³-hybridized carbons (Fsp3) is 0.700. The zero-order chi connectivity index (χ0) is 11.3. The summed E-state index contributed by atoms with van der Waals surface area (Å²) in [5, 5.41) is 21.6. The van der Waals surface area contributed by atoms with Crippen LogP contribution < -0.4 is 5.32 Å². The van der Waals surface area contributed by atoms with Gasteiger partial charge < -0.3 is 20.5 Å². The maximum absolute atomic E-state index is 9.21. The molecule has 4 N–H and O–H groups in total. The Balaban J connectivity index is 2.54. The number of aromatic nitrogens is 2. The summed E-state index contributed by atoms with van der Waals surface area (Å²) < 4.78 is 0. The number of H-pyrrole nitrogens is 1. The lowest BCUT2D eigenvalue weighted by molar-refractivity contribution is 0.0861. The Labute approximate surface area is 89.6 Å². The monoisotopic (exact) mass is 213 g/mol. The minimum Gasteiger partial charge on any atom is -0.394 e. The van der Waals surface area contributed by atoms with Gasteiger partial charge in [0.1, 0.15) is 5.82 Å². The summed E-state index contributed by atoms with van der Waals surface area (Å²) in [6.07, 6.45) is 2.42. The van der Waals surface area contributed by atoms with E-state index in [2.05, 4.69) is 15.3 Å². The highest BCUT2D eigenvalue weighted by Gasteiger charge is 2.25. The van der Waals surface area contributed by atoms with Crippen LogP contribution in [0.1, 0.15) is 24.9 Å². The lowest BCUT2D eigenvalue weighted by Crippen LogP contribution is -2.50.